The number of oxime groups is 3. The highest BCUT2D eigenvalue weighted by molar-refractivity contribution is 6.33. The lowest BCUT2D eigenvalue weighted by Crippen LogP contribution is -2.40. The van der Waals surface area contributed by atoms with Crippen LogP contribution in [0.5, 0.6) is 0 Å². The van der Waals surface area contributed by atoms with Crippen LogP contribution in [0.4, 0.5) is 0 Å². The van der Waals surface area contributed by atoms with Crippen molar-refractivity contribution in [3.05, 3.63) is 175 Å². The molecule has 19 heteroatoms. The van der Waals surface area contributed by atoms with Crippen molar-refractivity contribution in [2.24, 2.45) is 33.2 Å². The van der Waals surface area contributed by atoms with E-state index in [2.05, 4.69) is 66.6 Å². The number of benzene rings is 3. The van der Waals surface area contributed by atoms with Gasteiger partial charge in [-0.25, -0.2) is 14.4 Å². The van der Waals surface area contributed by atoms with E-state index >= 15 is 0 Å². The number of rotatable bonds is 9. The summed E-state index contributed by atoms with van der Waals surface area (Å²) in [6, 6.07) is 9.87. The smallest absolute Gasteiger partial charge is 0.338 e. The summed E-state index contributed by atoms with van der Waals surface area (Å²) in [5, 5.41) is 13.4. The molecule has 0 aromatic heterocycles. The fourth-order valence-electron chi connectivity index (χ4n) is 13.3. The molecule has 0 N–H and O–H groups in total. The minimum atomic E-state index is -0.390. The van der Waals surface area contributed by atoms with Gasteiger partial charge in [-0.05, 0) is 213 Å². The van der Waals surface area contributed by atoms with Gasteiger partial charge in [-0.3, -0.25) is 14.4 Å². The van der Waals surface area contributed by atoms with E-state index < -0.39 is 5.97 Å². The molecule has 6 aliphatic rings. The van der Waals surface area contributed by atoms with Crippen molar-refractivity contribution in [2.45, 2.75) is 178 Å². The number of amides is 3. The molecule has 0 bridgehead atoms. The number of ether oxygens (including phenoxy) is 3. The Balaban J connectivity index is 0.000000211. The molecule has 6 aliphatic heterocycles. The summed E-state index contributed by atoms with van der Waals surface area (Å²) in [6.07, 6.45) is 39.3. The summed E-state index contributed by atoms with van der Waals surface area (Å²) in [7, 11) is 0. The Bertz CT molecular complexity index is 3430. The van der Waals surface area contributed by atoms with Crippen LogP contribution in [0.25, 0.3) is 0 Å². The van der Waals surface area contributed by atoms with Crippen LogP contribution in [-0.2, 0) is 62.4 Å². The van der Waals surface area contributed by atoms with Crippen LogP contribution in [0.2, 0.25) is 5.02 Å². The minimum Gasteiger partial charge on any atom is -0.462 e. The van der Waals surface area contributed by atoms with Gasteiger partial charge < -0.3 is 43.4 Å². The standard InChI is InChI=1S/C27H35ClN2O4.2C27H36N2O4/c1-19-11-10-13-30(17-19)24(31)18-34-29-22-12-8-6-4-5-7-9-14-33-27(32)25-20(2)15-21(3)26(28)23(25)16-22;2*1-20-11-10-13-29(18-20)25(30)19-33-28-24-12-8-6-4-5-7-9-14-32-27(31)26-22(3)15-21(2)16-23(26)17-24/h5,7-8,12,15,19H,4,6,9-11,13-14,16-18H2,1-3H3;2*5,7-8,12,15-16,20H,4,6,9-11,13-14,17-19H2,1-3H3/b7-5+,12-8?,29-22-;7-5+,12-8?,28-24+;7-5+,12-8?,28-24-. The molecular formula is C81H107ClN6O12. The molecule has 3 aromatic rings. The van der Waals surface area contributed by atoms with Crippen molar-refractivity contribution in [1.82, 2.24) is 14.7 Å². The van der Waals surface area contributed by atoms with Crippen molar-refractivity contribution in [3.63, 3.8) is 0 Å². The van der Waals surface area contributed by atoms with Crippen molar-refractivity contribution in [3.8, 4) is 0 Å². The second-order valence-corrected chi connectivity index (χ2v) is 27.8. The maximum atomic E-state index is 12.9. The molecule has 3 amide bonds. The van der Waals surface area contributed by atoms with E-state index in [0.29, 0.717) is 121 Å². The zero-order chi connectivity index (χ0) is 71.8. The zero-order valence-corrected chi connectivity index (χ0v) is 61.5. The SMILES string of the molecule is Cc1cc(C)c2c(c1)C/C(=N/OCC(=O)N1CCCC(C)C1)C=CCC/C=C/CCOC2=O.Cc1cc(C)c2c(c1)C/C(=N\OCC(=O)N1CCCC(C)C1)C=CCC/C=C/CCOC2=O.Cc1cc(C)c2c(c1Cl)C/C(=N\OCC(=O)N1CCCC(C)C1)C=CCC/C=C/CCOC2=O. The summed E-state index contributed by atoms with van der Waals surface area (Å²) in [4.78, 5) is 98.3. The normalized spacial score (nSPS) is 22.2. The van der Waals surface area contributed by atoms with Gasteiger partial charge in [0.1, 0.15) is 0 Å². The molecule has 0 saturated carbocycles. The molecule has 100 heavy (non-hydrogen) atoms. The van der Waals surface area contributed by atoms with Crippen LogP contribution >= 0.6 is 11.6 Å². The van der Waals surface area contributed by atoms with Crippen molar-refractivity contribution >= 4 is 64.4 Å². The molecule has 3 fully saturated rings. The number of esters is 3. The molecule has 3 atom stereocenters. The quantitative estimate of drug-likeness (QED) is 0.0849. The number of piperidine rings is 3. The lowest BCUT2D eigenvalue weighted by Gasteiger charge is -2.30. The Hall–Kier alpha value is -8.38. The molecule has 3 unspecified atom stereocenters. The molecule has 9 rings (SSSR count). The first-order chi connectivity index (χ1) is 48.2. The van der Waals surface area contributed by atoms with Crippen LogP contribution in [0.15, 0.2) is 119 Å². The second kappa shape index (κ2) is 42.0. The maximum Gasteiger partial charge on any atom is 0.338 e. The zero-order valence-electron chi connectivity index (χ0n) is 60.7. The number of cyclic esters (lactones) is 3. The number of hydrogen-bond acceptors (Lipinski definition) is 15. The van der Waals surface area contributed by atoms with Crippen molar-refractivity contribution in [2.75, 3.05) is 78.9 Å². The number of fused-ring (bicyclic) bond motifs is 3. The van der Waals surface area contributed by atoms with Crippen molar-refractivity contribution in [1.29, 1.82) is 0 Å². The van der Waals surface area contributed by atoms with Crippen LogP contribution in [-0.4, -0.2) is 146 Å². The predicted molar refractivity (Wildman–Crippen MR) is 396 cm³/mol. The first-order valence-corrected chi connectivity index (χ1v) is 36.5. The van der Waals surface area contributed by atoms with Crippen LogP contribution in [0.3, 0.4) is 0 Å². The van der Waals surface area contributed by atoms with E-state index in [4.69, 9.17) is 40.3 Å². The number of nitrogens with zero attached hydrogens (tertiary/aromatic N) is 6. The lowest BCUT2D eigenvalue weighted by atomic mass is 9.94. The highest BCUT2D eigenvalue weighted by Gasteiger charge is 2.27. The number of carbonyl (C=O) groups is 6. The van der Waals surface area contributed by atoms with Gasteiger partial charge in [0.2, 0.25) is 0 Å². The van der Waals surface area contributed by atoms with E-state index in [0.717, 1.165) is 161 Å². The third-order valence-electron chi connectivity index (χ3n) is 18.2. The number of allylic oxidation sites excluding steroid dienone is 9. The number of likely N-dealkylation sites (tertiary alicyclic amines) is 3. The summed E-state index contributed by atoms with van der Waals surface area (Å²) in [5.41, 5.74) is 11.6. The number of aryl methyl sites for hydroxylation is 6. The van der Waals surface area contributed by atoms with Crippen molar-refractivity contribution < 1.29 is 57.5 Å². The largest absolute Gasteiger partial charge is 0.462 e. The van der Waals surface area contributed by atoms with Gasteiger partial charge in [-0.2, -0.15) is 0 Å². The van der Waals surface area contributed by atoms with Gasteiger partial charge in [0.15, 0.2) is 19.8 Å². The van der Waals surface area contributed by atoms with Gasteiger partial charge >= 0.3 is 17.9 Å². The van der Waals surface area contributed by atoms with E-state index in [1.807, 2.05) is 129 Å². The molecule has 0 spiro atoms. The van der Waals surface area contributed by atoms with E-state index in [9.17, 15) is 28.8 Å². The Morgan fingerprint density at radius 3 is 1.11 bits per heavy atom. The first kappa shape index (κ1) is 79.0. The summed E-state index contributed by atoms with van der Waals surface area (Å²) in [6.45, 7) is 23.6. The first-order valence-electron chi connectivity index (χ1n) is 36.1. The van der Waals surface area contributed by atoms with E-state index in [-0.39, 0.29) is 49.5 Å². The Morgan fingerprint density at radius 1 is 0.430 bits per heavy atom. The molecule has 3 aromatic carbocycles. The molecule has 0 radical (unpaired) electrons. The average molecular weight is 1390 g/mol. The summed E-state index contributed by atoms with van der Waals surface area (Å²) < 4.78 is 16.6. The number of hydrogen-bond donors (Lipinski definition) is 0. The summed E-state index contributed by atoms with van der Waals surface area (Å²) >= 11 is 6.67. The Labute approximate surface area is 598 Å². The van der Waals surface area contributed by atoms with Crippen LogP contribution in [0.1, 0.15) is 198 Å². The third-order valence-corrected chi connectivity index (χ3v) is 18.7. The average Bonchev–Trinajstić information content (AvgIpc) is 0.793. The Morgan fingerprint density at radius 2 is 0.750 bits per heavy atom. The Kier molecular flexibility index (Phi) is 33.2. The molecule has 6 heterocycles. The number of halogens is 1. The fraction of sp³-hybridized carbons (Fsp3) is 0.519. The minimum absolute atomic E-state index is 0.0309. The van der Waals surface area contributed by atoms with E-state index in [1.54, 1.807) is 0 Å². The van der Waals surface area contributed by atoms with Gasteiger partial charge in [0.05, 0.1) is 53.6 Å². The van der Waals surface area contributed by atoms with Crippen LogP contribution in [0, 0.1) is 59.3 Å². The highest BCUT2D eigenvalue weighted by Crippen LogP contribution is 2.30. The molecule has 18 nitrogen and oxygen atoms in total. The third kappa shape index (κ3) is 26.3. The topological polar surface area (TPSA) is 205 Å². The fourth-order valence-corrected chi connectivity index (χ4v) is 13.5. The highest BCUT2D eigenvalue weighted by atomic mass is 35.5. The van der Waals surface area contributed by atoms with Gasteiger partial charge in [-0.1, -0.05) is 144 Å². The molecule has 3 saturated heterocycles. The van der Waals surface area contributed by atoms with Crippen LogP contribution < -0.4 is 0 Å². The van der Waals surface area contributed by atoms with Gasteiger partial charge in [0.25, 0.3) is 17.7 Å². The summed E-state index contributed by atoms with van der Waals surface area (Å²) in [5.74, 6) is 0.414. The monoisotopic (exact) mass is 1390 g/mol. The molecule has 0 aliphatic carbocycles. The maximum absolute atomic E-state index is 12.9. The predicted octanol–water partition coefficient (Wildman–Crippen LogP) is 15.4. The number of carbonyl (C=O) groups excluding carboxylic acids is 6. The second-order valence-electron chi connectivity index (χ2n) is 27.4. The molecular weight excluding hydrogens is 1280 g/mol. The van der Waals surface area contributed by atoms with Gasteiger partial charge in [-0.15, -0.1) is 0 Å². The lowest BCUT2D eigenvalue weighted by molar-refractivity contribution is -0.138. The van der Waals surface area contributed by atoms with E-state index in [1.165, 1.54) is 0 Å². The van der Waals surface area contributed by atoms with Gasteiger partial charge in [0, 0.05) is 63.6 Å². The molecule has 540 valence electrons.